The van der Waals surface area contributed by atoms with Gasteiger partial charge in [0.2, 0.25) is 5.78 Å². The van der Waals surface area contributed by atoms with E-state index < -0.39 is 5.97 Å². The highest BCUT2D eigenvalue weighted by Gasteiger charge is 2.15. The van der Waals surface area contributed by atoms with Gasteiger partial charge in [0.15, 0.2) is 12.2 Å². The number of aryl methyl sites for hydroxylation is 2. The number of hydrogen-bond acceptors (Lipinski definition) is 7. The third kappa shape index (κ3) is 3.85. The number of nitrogens with zero attached hydrogens (tertiary/aromatic N) is 1. The first kappa shape index (κ1) is 16.7. The first-order valence-electron chi connectivity index (χ1n) is 7.27. The molecule has 0 fully saturated rings. The molecular formula is C17H15NO4S2. The Labute approximate surface area is 147 Å². The molecule has 0 bridgehead atoms. The topological polar surface area (TPSA) is 69.4 Å². The van der Waals surface area contributed by atoms with E-state index in [4.69, 9.17) is 9.15 Å². The number of hydrogen-bond donors (Lipinski definition) is 0. The van der Waals surface area contributed by atoms with Crippen LogP contribution in [0.25, 0.3) is 11.1 Å². The van der Waals surface area contributed by atoms with E-state index >= 15 is 0 Å². The van der Waals surface area contributed by atoms with Crippen LogP contribution in [0.3, 0.4) is 0 Å². The predicted molar refractivity (Wildman–Crippen MR) is 93.8 cm³/mol. The standard InChI is InChI=1S/C17H15NO4S2/c1-10-7-12(11(2)24-10)14(19)8-21-16(20)9-23-17-18-13-5-3-4-6-15(13)22-17/h3-7H,8-9H2,1-2H3. The van der Waals surface area contributed by atoms with Crippen molar-refractivity contribution in [2.45, 2.75) is 19.1 Å². The SMILES string of the molecule is Cc1cc(C(=O)COC(=O)CSc2nc3ccccc3o2)c(C)s1. The Morgan fingerprint density at radius 3 is 2.79 bits per heavy atom. The molecule has 2 aromatic heterocycles. The van der Waals surface area contributed by atoms with Crippen LogP contribution in [0.5, 0.6) is 0 Å². The second kappa shape index (κ2) is 7.19. The normalized spacial score (nSPS) is 10.9. The lowest BCUT2D eigenvalue weighted by atomic mass is 10.2. The van der Waals surface area contributed by atoms with Gasteiger partial charge in [0.05, 0.1) is 0 Å². The maximum atomic E-state index is 12.1. The number of carbonyl (C=O) groups excluding carboxylic acids is 2. The van der Waals surface area contributed by atoms with Crippen LogP contribution in [-0.4, -0.2) is 29.1 Å². The van der Waals surface area contributed by atoms with E-state index in [1.165, 1.54) is 0 Å². The van der Waals surface area contributed by atoms with Crippen LogP contribution in [0.2, 0.25) is 0 Å². The van der Waals surface area contributed by atoms with Gasteiger partial charge in [-0.1, -0.05) is 23.9 Å². The van der Waals surface area contributed by atoms with Gasteiger partial charge in [0.25, 0.3) is 5.22 Å². The van der Waals surface area contributed by atoms with Gasteiger partial charge in [-0.25, -0.2) is 4.98 Å². The molecule has 0 aliphatic rings. The van der Waals surface area contributed by atoms with Gasteiger partial charge < -0.3 is 9.15 Å². The molecule has 24 heavy (non-hydrogen) atoms. The predicted octanol–water partition coefficient (Wildman–Crippen LogP) is 4.02. The van der Waals surface area contributed by atoms with Crippen LogP contribution in [-0.2, 0) is 9.53 Å². The molecule has 0 unspecified atom stereocenters. The minimum absolute atomic E-state index is 0.0434. The fraction of sp³-hybridized carbons (Fsp3) is 0.235. The number of aromatic nitrogens is 1. The monoisotopic (exact) mass is 361 g/mol. The summed E-state index contributed by atoms with van der Waals surface area (Å²) in [5.74, 6) is -0.612. The minimum atomic E-state index is -0.472. The number of Topliss-reactive ketones (excluding diaryl/α,β-unsaturated/α-hetero) is 1. The number of para-hydroxylation sites is 2. The number of thioether (sulfide) groups is 1. The fourth-order valence-electron chi connectivity index (χ4n) is 2.21. The van der Waals surface area contributed by atoms with Crippen molar-refractivity contribution in [3.8, 4) is 0 Å². The second-order valence-electron chi connectivity index (χ2n) is 5.15. The fourth-order valence-corrected chi connectivity index (χ4v) is 3.79. The molecule has 124 valence electrons. The highest BCUT2D eigenvalue weighted by atomic mass is 32.2. The van der Waals surface area contributed by atoms with Crippen molar-refractivity contribution in [2.24, 2.45) is 0 Å². The Hall–Kier alpha value is -2.12. The number of carbonyl (C=O) groups is 2. The van der Waals surface area contributed by atoms with Gasteiger partial charge in [0, 0.05) is 15.3 Å². The summed E-state index contributed by atoms with van der Waals surface area (Å²) in [7, 11) is 0. The van der Waals surface area contributed by atoms with Crippen LogP contribution in [0.15, 0.2) is 40.0 Å². The summed E-state index contributed by atoms with van der Waals surface area (Å²) in [4.78, 5) is 30.1. The van der Waals surface area contributed by atoms with Crippen molar-refractivity contribution in [1.29, 1.82) is 0 Å². The van der Waals surface area contributed by atoms with Gasteiger partial charge in [0.1, 0.15) is 11.3 Å². The smallest absolute Gasteiger partial charge is 0.316 e. The van der Waals surface area contributed by atoms with Crippen LogP contribution < -0.4 is 0 Å². The zero-order valence-corrected chi connectivity index (χ0v) is 14.8. The average molecular weight is 361 g/mol. The summed E-state index contributed by atoms with van der Waals surface area (Å²) >= 11 is 2.70. The molecule has 0 N–H and O–H groups in total. The van der Waals surface area contributed by atoms with Crippen molar-refractivity contribution in [3.63, 3.8) is 0 Å². The number of thiophene rings is 1. The number of rotatable bonds is 6. The quantitative estimate of drug-likeness (QED) is 0.375. The number of esters is 1. The average Bonchev–Trinajstić information content (AvgIpc) is 3.12. The second-order valence-corrected chi connectivity index (χ2v) is 7.53. The first-order valence-corrected chi connectivity index (χ1v) is 9.07. The van der Waals surface area contributed by atoms with Crippen molar-refractivity contribution in [2.75, 3.05) is 12.4 Å². The minimum Gasteiger partial charge on any atom is -0.457 e. The van der Waals surface area contributed by atoms with Gasteiger partial charge in [-0.15, -0.1) is 11.3 Å². The van der Waals surface area contributed by atoms with Gasteiger partial charge in [-0.2, -0.15) is 0 Å². The summed E-state index contributed by atoms with van der Waals surface area (Å²) in [5, 5.41) is 0.406. The molecule has 0 saturated carbocycles. The Kier molecular flexibility index (Phi) is 5.01. The number of oxazole rings is 1. The Morgan fingerprint density at radius 1 is 1.29 bits per heavy atom. The van der Waals surface area contributed by atoms with E-state index in [2.05, 4.69) is 4.98 Å². The molecular weight excluding hydrogens is 346 g/mol. The van der Waals surface area contributed by atoms with E-state index in [0.29, 0.717) is 16.4 Å². The summed E-state index contributed by atoms with van der Waals surface area (Å²) < 4.78 is 10.6. The summed E-state index contributed by atoms with van der Waals surface area (Å²) in [6, 6.07) is 9.20. The highest BCUT2D eigenvalue weighted by Crippen LogP contribution is 2.23. The van der Waals surface area contributed by atoms with Gasteiger partial charge in [-0.05, 0) is 32.0 Å². The van der Waals surface area contributed by atoms with Gasteiger partial charge in [-0.3, -0.25) is 9.59 Å². The van der Waals surface area contributed by atoms with E-state index in [1.54, 1.807) is 11.3 Å². The van der Waals surface area contributed by atoms with E-state index in [9.17, 15) is 9.59 Å². The van der Waals surface area contributed by atoms with Crippen molar-refractivity contribution < 1.29 is 18.7 Å². The molecule has 0 atom stereocenters. The molecule has 3 aromatic rings. The van der Waals surface area contributed by atoms with Crippen molar-refractivity contribution >= 4 is 46.0 Å². The van der Waals surface area contributed by atoms with Gasteiger partial charge >= 0.3 is 5.97 Å². The third-order valence-corrected chi connectivity index (χ3v) is 5.06. The van der Waals surface area contributed by atoms with Crippen LogP contribution in [0.4, 0.5) is 0 Å². The molecule has 0 saturated heterocycles. The summed E-state index contributed by atoms with van der Waals surface area (Å²) in [6.45, 7) is 3.58. The Morgan fingerprint density at radius 2 is 2.08 bits per heavy atom. The molecule has 0 amide bonds. The number of ketones is 1. The molecule has 3 rings (SSSR count). The van der Waals surface area contributed by atoms with Crippen LogP contribution in [0, 0.1) is 13.8 Å². The molecule has 5 nitrogen and oxygen atoms in total. The lowest BCUT2D eigenvalue weighted by molar-refractivity contribution is -0.139. The molecule has 0 spiro atoms. The Balaban J connectivity index is 1.50. The summed E-state index contributed by atoms with van der Waals surface area (Å²) in [6.07, 6.45) is 0. The van der Waals surface area contributed by atoms with Crippen LogP contribution >= 0.6 is 23.1 Å². The maximum Gasteiger partial charge on any atom is 0.316 e. The largest absolute Gasteiger partial charge is 0.457 e. The number of ether oxygens (including phenoxy) is 1. The molecule has 1 aromatic carbocycles. The molecule has 7 heteroatoms. The molecule has 0 radical (unpaired) electrons. The third-order valence-electron chi connectivity index (χ3n) is 3.29. The molecule has 2 heterocycles. The molecule has 0 aliphatic carbocycles. The maximum absolute atomic E-state index is 12.1. The number of benzene rings is 1. The first-order chi connectivity index (χ1) is 11.5. The van der Waals surface area contributed by atoms with E-state index in [-0.39, 0.29) is 18.1 Å². The van der Waals surface area contributed by atoms with Crippen LogP contribution in [0.1, 0.15) is 20.1 Å². The van der Waals surface area contributed by atoms with Crippen molar-refractivity contribution in [1.82, 2.24) is 4.98 Å². The lowest BCUT2D eigenvalue weighted by Gasteiger charge is -2.03. The van der Waals surface area contributed by atoms with E-state index in [1.807, 2.05) is 44.2 Å². The van der Waals surface area contributed by atoms with Crippen molar-refractivity contribution in [3.05, 3.63) is 45.6 Å². The summed E-state index contributed by atoms with van der Waals surface area (Å²) in [5.41, 5.74) is 2.04. The van der Waals surface area contributed by atoms with E-state index in [0.717, 1.165) is 27.0 Å². The molecule has 0 aliphatic heterocycles. The Bertz CT molecular complexity index is 864. The number of fused-ring (bicyclic) bond motifs is 1. The zero-order valence-electron chi connectivity index (χ0n) is 13.2. The highest BCUT2D eigenvalue weighted by molar-refractivity contribution is 7.99. The zero-order chi connectivity index (χ0) is 17.1. The lowest BCUT2D eigenvalue weighted by Crippen LogP contribution is -2.15.